The number of nitrogens with one attached hydrogen (secondary N) is 1. The summed E-state index contributed by atoms with van der Waals surface area (Å²) in [4.78, 5) is 39.5. The van der Waals surface area contributed by atoms with Gasteiger partial charge in [0.25, 0.3) is 5.91 Å². The lowest BCUT2D eigenvalue weighted by Gasteiger charge is -2.18. The number of hydrogen-bond donors (Lipinski definition) is 1. The van der Waals surface area contributed by atoms with Crippen LogP contribution < -0.4 is 5.32 Å². The molecule has 7 nitrogen and oxygen atoms in total. The van der Waals surface area contributed by atoms with E-state index in [0.717, 1.165) is 21.6 Å². The molecule has 0 radical (unpaired) electrons. The highest BCUT2D eigenvalue weighted by Crippen LogP contribution is 2.32. The SMILES string of the molecule is CC(=O)c1cccc(NC(=O)C(OC(=O)c2cc3c(C)nn(-c4ccc(Cl)cc4)c3s2)c2ccccc2)c1. The average Bonchev–Trinajstić information content (AvgIpc) is 3.49. The van der Waals surface area contributed by atoms with Crippen LogP contribution in [0.25, 0.3) is 15.9 Å². The second-order valence-corrected chi connectivity index (χ2v) is 10.1. The number of esters is 1. The van der Waals surface area contributed by atoms with Crippen molar-refractivity contribution in [1.29, 1.82) is 0 Å². The molecule has 5 aromatic rings. The monoisotopic (exact) mass is 543 g/mol. The van der Waals surface area contributed by atoms with Gasteiger partial charge in [0.05, 0.1) is 11.4 Å². The average molecular weight is 544 g/mol. The number of hydrogen-bond acceptors (Lipinski definition) is 6. The first kappa shape index (κ1) is 25.4. The number of halogens is 1. The van der Waals surface area contributed by atoms with Crippen molar-refractivity contribution in [3.63, 3.8) is 0 Å². The predicted octanol–water partition coefficient (Wildman–Crippen LogP) is 6.79. The maximum Gasteiger partial charge on any atom is 0.349 e. The molecule has 0 fully saturated rings. The highest BCUT2D eigenvalue weighted by molar-refractivity contribution is 7.20. The number of aromatic nitrogens is 2. The summed E-state index contributed by atoms with van der Waals surface area (Å²) in [6, 6.07) is 24.4. The van der Waals surface area contributed by atoms with Gasteiger partial charge in [-0.3, -0.25) is 9.59 Å². The summed E-state index contributed by atoms with van der Waals surface area (Å²) in [6.45, 7) is 3.32. The number of amides is 1. The summed E-state index contributed by atoms with van der Waals surface area (Å²) in [5.74, 6) is -1.28. The van der Waals surface area contributed by atoms with Crippen LogP contribution >= 0.6 is 22.9 Å². The maximum atomic E-state index is 13.3. The molecule has 0 aliphatic carbocycles. The molecule has 2 heterocycles. The number of ether oxygens (including phenoxy) is 1. The first-order valence-electron chi connectivity index (χ1n) is 11.7. The molecular weight excluding hydrogens is 522 g/mol. The molecule has 1 amide bonds. The molecule has 9 heteroatoms. The van der Waals surface area contributed by atoms with Gasteiger partial charge in [0.15, 0.2) is 5.78 Å². The molecule has 190 valence electrons. The van der Waals surface area contributed by atoms with Crippen LogP contribution in [0.5, 0.6) is 0 Å². The Balaban J connectivity index is 1.44. The van der Waals surface area contributed by atoms with Crippen molar-refractivity contribution >= 4 is 56.5 Å². The van der Waals surface area contributed by atoms with E-state index in [1.54, 1.807) is 71.4 Å². The Morgan fingerprint density at radius 1 is 0.974 bits per heavy atom. The molecule has 38 heavy (non-hydrogen) atoms. The summed E-state index contributed by atoms with van der Waals surface area (Å²) < 4.78 is 7.54. The maximum absolute atomic E-state index is 13.3. The van der Waals surface area contributed by atoms with Crippen molar-refractivity contribution in [2.75, 3.05) is 5.32 Å². The van der Waals surface area contributed by atoms with Gasteiger partial charge >= 0.3 is 5.97 Å². The molecule has 2 aromatic heterocycles. The van der Waals surface area contributed by atoms with Crippen LogP contribution in [0.2, 0.25) is 5.02 Å². The van der Waals surface area contributed by atoms with E-state index in [4.69, 9.17) is 16.3 Å². The first-order chi connectivity index (χ1) is 18.3. The minimum Gasteiger partial charge on any atom is -0.443 e. The number of ketones is 1. The van der Waals surface area contributed by atoms with Gasteiger partial charge in [-0.15, -0.1) is 11.3 Å². The van der Waals surface area contributed by atoms with E-state index in [1.807, 2.05) is 25.1 Å². The van der Waals surface area contributed by atoms with Gasteiger partial charge in [0.1, 0.15) is 9.71 Å². The lowest BCUT2D eigenvalue weighted by atomic mass is 10.1. The summed E-state index contributed by atoms with van der Waals surface area (Å²) in [5, 5.41) is 8.80. The number of nitrogens with zero attached hydrogens (tertiary/aromatic N) is 2. The smallest absolute Gasteiger partial charge is 0.349 e. The second-order valence-electron chi connectivity index (χ2n) is 8.63. The highest BCUT2D eigenvalue weighted by atomic mass is 35.5. The lowest BCUT2D eigenvalue weighted by Crippen LogP contribution is -2.25. The predicted molar refractivity (Wildman–Crippen MR) is 148 cm³/mol. The van der Waals surface area contributed by atoms with Gasteiger partial charge in [-0.25, -0.2) is 9.48 Å². The third kappa shape index (κ3) is 5.22. The van der Waals surface area contributed by atoms with Crippen molar-refractivity contribution in [3.05, 3.63) is 112 Å². The molecule has 0 saturated carbocycles. The molecule has 1 unspecified atom stereocenters. The van der Waals surface area contributed by atoms with Crippen molar-refractivity contribution in [3.8, 4) is 5.69 Å². The highest BCUT2D eigenvalue weighted by Gasteiger charge is 2.27. The van der Waals surface area contributed by atoms with Crippen LogP contribution in [-0.4, -0.2) is 27.4 Å². The largest absolute Gasteiger partial charge is 0.443 e. The fraction of sp³-hybridized carbons (Fsp3) is 0.103. The zero-order valence-corrected chi connectivity index (χ0v) is 22.0. The minimum atomic E-state index is -1.20. The van der Waals surface area contributed by atoms with E-state index in [-0.39, 0.29) is 5.78 Å². The van der Waals surface area contributed by atoms with Crippen molar-refractivity contribution in [2.45, 2.75) is 20.0 Å². The molecular formula is C29H22ClN3O4S. The quantitative estimate of drug-likeness (QED) is 0.180. The second kappa shape index (κ2) is 10.6. The zero-order chi connectivity index (χ0) is 26.8. The number of thiophene rings is 1. The molecule has 3 aromatic carbocycles. The van der Waals surface area contributed by atoms with Crippen LogP contribution in [0, 0.1) is 6.92 Å². The molecule has 1 atom stereocenters. The third-order valence-corrected chi connectivity index (χ3v) is 7.26. The number of carbonyl (C=O) groups excluding carboxylic acids is 3. The molecule has 1 N–H and O–H groups in total. The lowest BCUT2D eigenvalue weighted by molar-refractivity contribution is -0.125. The number of anilines is 1. The summed E-state index contributed by atoms with van der Waals surface area (Å²) in [5.41, 5.74) is 2.98. The summed E-state index contributed by atoms with van der Waals surface area (Å²) in [7, 11) is 0. The molecule has 0 aliphatic heterocycles. The van der Waals surface area contributed by atoms with Crippen molar-refractivity contribution in [1.82, 2.24) is 9.78 Å². The van der Waals surface area contributed by atoms with Crippen LogP contribution in [-0.2, 0) is 9.53 Å². The Labute approximate surface area is 227 Å². The Morgan fingerprint density at radius 2 is 1.71 bits per heavy atom. The van der Waals surface area contributed by atoms with Gasteiger partial charge in [0, 0.05) is 27.2 Å². The van der Waals surface area contributed by atoms with Gasteiger partial charge in [-0.1, -0.05) is 54.1 Å². The molecule has 0 spiro atoms. The topological polar surface area (TPSA) is 90.3 Å². The third-order valence-electron chi connectivity index (χ3n) is 5.92. The standard InChI is InChI=1S/C29H22ClN3O4S/c1-17-24-16-25(38-28(24)33(32-17)23-13-11-21(30)12-14-23)29(36)37-26(19-7-4-3-5-8-19)27(35)31-22-10-6-9-20(15-22)18(2)34/h3-16,26H,1-2H3,(H,31,35). The number of fused-ring (bicyclic) bond motifs is 1. The van der Waals surface area contributed by atoms with Gasteiger partial charge in [-0.2, -0.15) is 5.10 Å². The Bertz CT molecular complexity index is 1660. The van der Waals surface area contributed by atoms with E-state index in [9.17, 15) is 14.4 Å². The van der Waals surface area contributed by atoms with E-state index >= 15 is 0 Å². The van der Waals surface area contributed by atoms with E-state index in [2.05, 4.69) is 10.4 Å². The molecule has 5 rings (SSSR count). The Kier molecular flexibility index (Phi) is 7.09. The zero-order valence-electron chi connectivity index (χ0n) is 20.5. The summed E-state index contributed by atoms with van der Waals surface area (Å²) in [6.07, 6.45) is -1.20. The van der Waals surface area contributed by atoms with Crippen LogP contribution in [0.3, 0.4) is 0 Å². The molecule has 0 bridgehead atoms. The molecule has 0 aliphatic rings. The van der Waals surface area contributed by atoms with Gasteiger partial charge in [0.2, 0.25) is 6.10 Å². The Hall–Kier alpha value is -4.27. The van der Waals surface area contributed by atoms with Crippen LogP contribution in [0.1, 0.15) is 44.3 Å². The van der Waals surface area contributed by atoms with Gasteiger partial charge < -0.3 is 10.1 Å². The number of benzene rings is 3. The number of aryl methyl sites for hydroxylation is 1. The first-order valence-corrected chi connectivity index (χ1v) is 12.9. The van der Waals surface area contributed by atoms with E-state index in [0.29, 0.717) is 26.7 Å². The number of carbonyl (C=O) groups is 3. The summed E-state index contributed by atoms with van der Waals surface area (Å²) >= 11 is 7.26. The van der Waals surface area contributed by atoms with Gasteiger partial charge in [-0.05, 0) is 56.3 Å². The fourth-order valence-electron chi connectivity index (χ4n) is 3.99. The van der Waals surface area contributed by atoms with Crippen LogP contribution in [0.4, 0.5) is 5.69 Å². The fourth-order valence-corrected chi connectivity index (χ4v) is 5.19. The Morgan fingerprint density at radius 3 is 2.42 bits per heavy atom. The van der Waals surface area contributed by atoms with E-state index < -0.39 is 18.0 Å². The minimum absolute atomic E-state index is 0.121. The van der Waals surface area contributed by atoms with Crippen molar-refractivity contribution < 1.29 is 19.1 Å². The number of rotatable bonds is 7. The molecule has 0 saturated heterocycles. The van der Waals surface area contributed by atoms with E-state index in [1.165, 1.54) is 18.3 Å². The normalized spacial score (nSPS) is 11.8. The van der Waals surface area contributed by atoms with Crippen LogP contribution in [0.15, 0.2) is 84.9 Å². The number of Topliss-reactive ketones (excluding diaryl/α,β-unsaturated/α-hetero) is 1. The van der Waals surface area contributed by atoms with Crippen molar-refractivity contribution in [2.24, 2.45) is 0 Å².